The molecule has 2 atom stereocenters. The number of nitrogens with zero attached hydrogens (tertiary/aromatic N) is 2. The summed E-state index contributed by atoms with van der Waals surface area (Å²) in [6.07, 6.45) is 4.90. The van der Waals surface area contributed by atoms with E-state index in [0.29, 0.717) is 6.04 Å². The van der Waals surface area contributed by atoms with Gasteiger partial charge in [-0.15, -0.1) is 0 Å². The largest absolute Gasteiger partial charge is 0.352 e. The Morgan fingerprint density at radius 2 is 1.72 bits per heavy atom. The number of hydrogen-bond donors (Lipinski definition) is 2. The molecular formula is C23H36N4O2. The molecule has 1 aliphatic heterocycles. The molecule has 1 aromatic carbocycles. The van der Waals surface area contributed by atoms with E-state index in [2.05, 4.69) is 20.4 Å². The summed E-state index contributed by atoms with van der Waals surface area (Å²) >= 11 is 0. The van der Waals surface area contributed by atoms with Crippen LogP contribution in [0.15, 0.2) is 18.2 Å². The zero-order chi connectivity index (χ0) is 21.2. The second-order valence-corrected chi connectivity index (χ2v) is 8.99. The van der Waals surface area contributed by atoms with Crippen LogP contribution >= 0.6 is 0 Å². The van der Waals surface area contributed by atoms with Crippen LogP contribution in [0.3, 0.4) is 0 Å². The number of carbonyl (C=O) groups excluding carboxylic acids is 2. The van der Waals surface area contributed by atoms with Gasteiger partial charge < -0.3 is 10.6 Å². The third kappa shape index (κ3) is 4.48. The van der Waals surface area contributed by atoms with Crippen molar-refractivity contribution in [3.63, 3.8) is 0 Å². The SMILES string of the molecule is CC(=O)NC1CCCC1N1CCC(C(=O)Nc2c(C)cccc2C)(N(C)C)CC1. The van der Waals surface area contributed by atoms with Gasteiger partial charge in [-0.3, -0.25) is 19.4 Å². The molecule has 160 valence electrons. The van der Waals surface area contributed by atoms with E-state index in [1.165, 1.54) is 0 Å². The van der Waals surface area contributed by atoms with E-state index in [-0.39, 0.29) is 17.9 Å². The number of amides is 2. The molecule has 2 amide bonds. The van der Waals surface area contributed by atoms with Crippen LogP contribution in [0.25, 0.3) is 0 Å². The topological polar surface area (TPSA) is 64.7 Å². The quantitative estimate of drug-likeness (QED) is 0.798. The maximum absolute atomic E-state index is 13.4. The van der Waals surface area contributed by atoms with Crippen LogP contribution in [0.2, 0.25) is 0 Å². The van der Waals surface area contributed by atoms with E-state index in [9.17, 15) is 9.59 Å². The number of likely N-dealkylation sites (tertiary alicyclic amines) is 1. The van der Waals surface area contributed by atoms with Gasteiger partial charge in [0.15, 0.2) is 0 Å². The van der Waals surface area contributed by atoms with Crippen molar-refractivity contribution in [2.75, 3.05) is 32.5 Å². The van der Waals surface area contributed by atoms with Gasteiger partial charge in [0.2, 0.25) is 11.8 Å². The van der Waals surface area contributed by atoms with Gasteiger partial charge in [0.25, 0.3) is 0 Å². The maximum Gasteiger partial charge on any atom is 0.244 e. The normalized spacial score (nSPS) is 24.5. The first kappa shape index (κ1) is 21.8. The monoisotopic (exact) mass is 400 g/mol. The second-order valence-electron chi connectivity index (χ2n) is 8.99. The number of rotatable bonds is 5. The third-order valence-electron chi connectivity index (χ3n) is 6.96. The molecule has 2 fully saturated rings. The summed E-state index contributed by atoms with van der Waals surface area (Å²) in [7, 11) is 4.02. The van der Waals surface area contributed by atoms with Gasteiger partial charge >= 0.3 is 0 Å². The lowest BCUT2D eigenvalue weighted by Crippen LogP contribution is -2.62. The zero-order valence-electron chi connectivity index (χ0n) is 18.5. The van der Waals surface area contributed by atoms with Crippen molar-refractivity contribution in [2.45, 2.75) is 70.5 Å². The summed E-state index contributed by atoms with van der Waals surface area (Å²) in [6.45, 7) is 7.42. The van der Waals surface area contributed by atoms with Gasteiger partial charge in [0.05, 0.1) is 0 Å². The highest BCUT2D eigenvalue weighted by atomic mass is 16.2. The fourth-order valence-corrected chi connectivity index (χ4v) is 5.15. The Bertz CT molecular complexity index is 733. The van der Waals surface area contributed by atoms with Gasteiger partial charge in [-0.1, -0.05) is 18.2 Å². The molecule has 1 aromatic rings. The zero-order valence-corrected chi connectivity index (χ0v) is 18.5. The molecule has 1 heterocycles. The average Bonchev–Trinajstić information content (AvgIpc) is 3.12. The van der Waals surface area contributed by atoms with Crippen molar-refractivity contribution in [1.29, 1.82) is 0 Å². The van der Waals surface area contributed by atoms with Crippen LogP contribution < -0.4 is 10.6 Å². The van der Waals surface area contributed by atoms with E-state index in [0.717, 1.165) is 62.0 Å². The number of anilines is 1. The van der Waals surface area contributed by atoms with Crippen LogP contribution in [-0.2, 0) is 9.59 Å². The number of benzene rings is 1. The molecule has 2 unspecified atom stereocenters. The van der Waals surface area contributed by atoms with Crippen molar-refractivity contribution in [3.8, 4) is 0 Å². The van der Waals surface area contributed by atoms with E-state index in [4.69, 9.17) is 0 Å². The highest BCUT2D eigenvalue weighted by molar-refractivity contribution is 5.99. The number of aryl methyl sites for hydroxylation is 2. The molecule has 1 aliphatic carbocycles. The number of nitrogens with one attached hydrogen (secondary N) is 2. The third-order valence-corrected chi connectivity index (χ3v) is 6.96. The molecule has 3 rings (SSSR count). The summed E-state index contributed by atoms with van der Waals surface area (Å²) in [6, 6.07) is 6.72. The van der Waals surface area contributed by atoms with Crippen molar-refractivity contribution >= 4 is 17.5 Å². The molecule has 0 radical (unpaired) electrons. The summed E-state index contributed by atoms with van der Waals surface area (Å²) in [5, 5.41) is 6.36. The van der Waals surface area contributed by atoms with Crippen molar-refractivity contribution in [2.24, 2.45) is 0 Å². The molecule has 2 aliphatic rings. The van der Waals surface area contributed by atoms with E-state index < -0.39 is 5.54 Å². The number of likely N-dealkylation sites (N-methyl/N-ethyl adjacent to an activating group) is 1. The summed E-state index contributed by atoms with van der Waals surface area (Å²) in [5.74, 6) is 0.138. The number of para-hydroxylation sites is 1. The molecule has 0 bridgehead atoms. The Balaban J connectivity index is 1.71. The molecule has 6 heteroatoms. The minimum absolute atomic E-state index is 0.0505. The van der Waals surface area contributed by atoms with Crippen molar-refractivity contribution in [3.05, 3.63) is 29.3 Å². The van der Waals surface area contributed by atoms with Crippen LogP contribution in [0.1, 0.15) is 50.2 Å². The second kappa shape index (κ2) is 8.84. The Morgan fingerprint density at radius 1 is 1.10 bits per heavy atom. The molecule has 1 saturated carbocycles. The van der Waals surface area contributed by atoms with Gasteiger partial charge in [0.1, 0.15) is 5.54 Å². The highest BCUT2D eigenvalue weighted by Gasteiger charge is 2.46. The predicted octanol–water partition coefficient (Wildman–Crippen LogP) is 2.70. The molecule has 6 nitrogen and oxygen atoms in total. The minimum Gasteiger partial charge on any atom is -0.352 e. The predicted molar refractivity (Wildman–Crippen MR) is 117 cm³/mol. The Morgan fingerprint density at radius 3 is 2.28 bits per heavy atom. The van der Waals surface area contributed by atoms with Gasteiger partial charge in [-0.25, -0.2) is 0 Å². The Kier molecular flexibility index (Phi) is 6.64. The minimum atomic E-state index is -0.507. The van der Waals surface area contributed by atoms with Crippen LogP contribution in [0, 0.1) is 13.8 Å². The Labute approximate surface area is 175 Å². The van der Waals surface area contributed by atoms with Crippen LogP contribution in [0.5, 0.6) is 0 Å². The van der Waals surface area contributed by atoms with E-state index in [1.807, 2.05) is 46.1 Å². The summed E-state index contributed by atoms with van der Waals surface area (Å²) in [4.78, 5) is 29.6. The number of carbonyl (C=O) groups is 2. The lowest BCUT2D eigenvalue weighted by atomic mass is 9.84. The van der Waals surface area contributed by atoms with Crippen molar-refractivity contribution < 1.29 is 9.59 Å². The maximum atomic E-state index is 13.4. The van der Waals surface area contributed by atoms with Crippen LogP contribution in [0.4, 0.5) is 5.69 Å². The Hall–Kier alpha value is -1.92. The molecule has 0 spiro atoms. The average molecular weight is 401 g/mol. The van der Waals surface area contributed by atoms with Crippen LogP contribution in [-0.4, -0.2) is 66.4 Å². The smallest absolute Gasteiger partial charge is 0.244 e. The molecule has 0 aromatic heterocycles. The molecule has 1 saturated heterocycles. The lowest BCUT2D eigenvalue weighted by Gasteiger charge is -2.47. The lowest BCUT2D eigenvalue weighted by molar-refractivity contribution is -0.130. The van der Waals surface area contributed by atoms with E-state index in [1.54, 1.807) is 6.92 Å². The number of piperidine rings is 1. The standard InChI is InChI=1S/C23H36N4O2/c1-16-8-6-9-17(2)21(16)25-22(29)23(26(4)5)12-14-27(15-13-23)20-11-7-10-19(20)24-18(3)28/h6,8-9,19-20H,7,10-15H2,1-5H3,(H,24,28)(H,25,29). The molecule has 2 N–H and O–H groups in total. The van der Waals surface area contributed by atoms with Gasteiger partial charge in [0, 0.05) is 37.8 Å². The number of hydrogen-bond acceptors (Lipinski definition) is 4. The molecule has 29 heavy (non-hydrogen) atoms. The van der Waals surface area contributed by atoms with Crippen molar-refractivity contribution in [1.82, 2.24) is 15.1 Å². The van der Waals surface area contributed by atoms with E-state index >= 15 is 0 Å². The summed E-state index contributed by atoms with van der Waals surface area (Å²) < 4.78 is 0. The first-order valence-electron chi connectivity index (χ1n) is 10.8. The fourth-order valence-electron chi connectivity index (χ4n) is 5.15. The van der Waals surface area contributed by atoms with Gasteiger partial charge in [-0.2, -0.15) is 0 Å². The first-order valence-corrected chi connectivity index (χ1v) is 10.8. The van der Waals surface area contributed by atoms with Gasteiger partial charge in [-0.05, 0) is 71.2 Å². The highest BCUT2D eigenvalue weighted by Crippen LogP contribution is 2.34. The first-order chi connectivity index (χ1) is 13.7. The summed E-state index contributed by atoms with van der Waals surface area (Å²) in [5.41, 5.74) is 2.61. The fraction of sp³-hybridized carbons (Fsp3) is 0.652. The molecular weight excluding hydrogens is 364 g/mol.